The van der Waals surface area contributed by atoms with Gasteiger partial charge in [-0.1, -0.05) is 32.0 Å². The van der Waals surface area contributed by atoms with Crippen LogP contribution in [0.5, 0.6) is 0 Å². The lowest BCUT2D eigenvalue weighted by Gasteiger charge is -2.19. The third-order valence-electron chi connectivity index (χ3n) is 3.10. The minimum atomic E-state index is -0.737. The number of benzene rings is 1. The van der Waals surface area contributed by atoms with Gasteiger partial charge in [0.2, 0.25) is 0 Å². The molecule has 94 valence electrons. The highest BCUT2D eigenvalue weighted by atomic mass is 16.4. The fourth-order valence-corrected chi connectivity index (χ4v) is 1.91. The van der Waals surface area contributed by atoms with Gasteiger partial charge in [-0.05, 0) is 30.9 Å². The molecule has 0 saturated heterocycles. The van der Waals surface area contributed by atoms with Crippen molar-refractivity contribution < 1.29 is 9.90 Å². The molecule has 0 amide bonds. The molecular formula is C14H21NO2. The molecule has 0 heterocycles. The van der Waals surface area contributed by atoms with Crippen LogP contribution < -0.4 is 5.32 Å². The van der Waals surface area contributed by atoms with E-state index in [1.807, 2.05) is 45.9 Å². The molecule has 3 nitrogen and oxygen atoms in total. The number of carbonyl (C=O) groups is 1. The van der Waals surface area contributed by atoms with E-state index in [2.05, 4.69) is 5.32 Å². The molecule has 0 aliphatic heterocycles. The number of hydrogen-bond acceptors (Lipinski definition) is 2. The third kappa shape index (κ3) is 3.48. The summed E-state index contributed by atoms with van der Waals surface area (Å²) < 4.78 is 0. The molecule has 1 atom stereocenters. The molecule has 1 aromatic carbocycles. The molecule has 17 heavy (non-hydrogen) atoms. The molecule has 2 N–H and O–H groups in total. The molecule has 1 rings (SSSR count). The average Bonchev–Trinajstić information content (AvgIpc) is 2.21. The molecular weight excluding hydrogens is 214 g/mol. The molecule has 0 aliphatic carbocycles. The van der Waals surface area contributed by atoms with E-state index in [0.29, 0.717) is 6.54 Å². The van der Waals surface area contributed by atoms with E-state index in [1.54, 1.807) is 0 Å². The molecule has 1 unspecified atom stereocenters. The summed E-state index contributed by atoms with van der Waals surface area (Å²) in [6, 6.07) is 6.06. The predicted molar refractivity (Wildman–Crippen MR) is 70.4 cm³/mol. The number of carboxylic acids is 1. The molecule has 0 fully saturated rings. The van der Waals surface area contributed by atoms with Gasteiger partial charge in [-0.25, -0.2) is 0 Å². The average molecular weight is 235 g/mol. The summed E-state index contributed by atoms with van der Waals surface area (Å²) in [6.45, 7) is 8.40. The van der Waals surface area contributed by atoms with E-state index in [1.165, 1.54) is 0 Å². The van der Waals surface area contributed by atoms with Gasteiger partial charge in [-0.2, -0.15) is 0 Å². The summed E-state index contributed by atoms with van der Waals surface area (Å²) in [7, 11) is 0. The summed E-state index contributed by atoms with van der Waals surface area (Å²) in [5.74, 6) is -0.961. The molecule has 0 radical (unpaired) electrons. The van der Waals surface area contributed by atoms with Crippen molar-refractivity contribution in [2.24, 2.45) is 11.8 Å². The van der Waals surface area contributed by atoms with Gasteiger partial charge in [0.15, 0.2) is 0 Å². The fraction of sp³-hybridized carbons (Fsp3) is 0.500. The van der Waals surface area contributed by atoms with Crippen molar-refractivity contribution in [3.8, 4) is 0 Å². The van der Waals surface area contributed by atoms with Crippen LogP contribution in [-0.4, -0.2) is 17.6 Å². The van der Waals surface area contributed by atoms with E-state index >= 15 is 0 Å². The van der Waals surface area contributed by atoms with Crippen LogP contribution in [0.3, 0.4) is 0 Å². The van der Waals surface area contributed by atoms with Crippen LogP contribution in [0, 0.1) is 25.7 Å². The minimum absolute atomic E-state index is 0.129. The maximum atomic E-state index is 11.1. The minimum Gasteiger partial charge on any atom is -0.481 e. The summed E-state index contributed by atoms with van der Waals surface area (Å²) in [5, 5.41) is 12.4. The maximum absolute atomic E-state index is 11.1. The van der Waals surface area contributed by atoms with Gasteiger partial charge in [0, 0.05) is 12.2 Å². The fourth-order valence-electron chi connectivity index (χ4n) is 1.91. The Morgan fingerprint density at radius 2 is 1.82 bits per heavy atom. The number of aliphatic carboxylic acids is 1. The lowest BCUT2D eigenvalue weighted by atomic mass is 9.95. The van der Waals surface area contributed by atoms with Crippen molar-refractivity contribution in [2.75, 3.05) is 11.9 Å². The monoisotopic (exact) mass is 235 g/mol. The Morgan fingerprint density at radius 3 is 2.24 bits per heavy atom. The molecule has 0 aromatic heterocycles. The van der Waals surface area contributed by atoms with E-state index in [0.717, 1.165) is 16.8 Å². The van der Waals surface area contributed by atoms with Crippen molar-refractivity contribution in [3.63, 3.8) is 0 Å². The Balaban J connectivity index is 2.75. The van der Waals surface area contributed by atoms with Crippen LogP contribution >= 0.6 is 0 Å². The molecule has 0 saturated carbocycles. The maximum Gasteiger partial charge on any atom is 0.308 e. The first-order valence-corrected chi connectivity index (χ1v) is 5.96. The highest BCUT2D eigenvalue weighted by Crippen LogP contribution is 2.21. The number of anilines is 1. The van der Waals surface area contributed by atoms with Crippen LogP contribution in [0.2, 0.25) is 0 Å². The Bertz CT molecular complexity index is 379. The number of para-hydroxylation sites is 1. The Hall–Kier alpha value is -1.51. The summed E-state index contributed by atoms with van der Waals surface area (Å²) in [6.07, 6.45) is 0. The largest absolute Gasteiger partial charge is 0.481 e. The lowest BCUT2D eigenvalue weighted by molar-refractivity contribution is -0.142. The summed E-state index contributed by atoms with van der Waals surface area (Å²) >= 11 is 0. The zero-order valence-corrected chi connectivity index (χ0v) is 10.9. The number of hydrogen-bond donors (Lipinski definition) is 2. The standard InChI is InChI=1S/C14H21NO2/c1-9(2)12(14(16)17)8-15-13-10(3)6-5-7-11(13)4/h5-7,9,12,15H,8H2,1-4H3,(H,16,17). The molecule has 0 spiro atoms. The van der Waals surface area contributed by atoms with Crippen LogP contribution in [0.1, 0.15) is 25.0 Å². The van der Waals surface area contributed by atoms with E-state index < -0.39 is 5.97 Å². The van der Waals surface area contributed by atoms with Crippen molar-refractivity contribution in [2.45, 2.75) is 27.7 Å². The number of carboxylic acid groups (broad SMARTS) is 1. The van der Waals surface area contributed by atoms with E-state index in [9.17, 15) is 4.79 Å². The number of nitrogens with one attached hydrogen (secondary N) is 1. The SMILES string of the molecule is Cc1cccc(C)c1NCC(C(=O)O)C(C)C. The number of aryl methyl sites for hydroxylation is 2. The molecule has 0 bridgehead atoms. The Morgan fingerprint density at radius 1 is 1.29 bits per heavy atom. The first kappa shape index (κ1) is 13.6. The van der Waals surface area contributed by atoms with Crippen LogP contribution in [-0.2, 0) is 4.79 Å². The second-order valence-electron chi connectivity index (χ2n) is 4.84. The van der Waals surface area contributed by atoms with Gasteiger partial charge in [0.05, 0.1) is 5.92 Å². The molecule has 0 aliphatic rings. The van der Waals surface area contributed by atoms with Crippen LogP contribution in [0.4, 0.5) is 5.69 Å². The predicted octanol–water partition coefficient (Wildman–Crippen LogP) is 3.07. The van der Waals surface area contributed by atoms with Crippen molar-refractivity contribution in [1.29, 1.82) is 0 Å². The topological polar surface area (TPSA) is 49.3 Å². The van der Waals surface area contributed by atoms with Gasteiger partial charge < -0.3 is 10.4 Å². The lowest BCUT2D eigenvalue weighted by Crippen LogP contribution is -2.27. The first-order chi connectivity index (χ1) is 7.93. The second-order valence-corrected chi connectivity index (χ2v) is 4.84. The van der Waals surface area contributed by atoms with Crippen LogP contribution in [0.15, 0.2) is 18.2 Å². The third-order valence-corrected chi connectivity index (χ3v) is 3.10. The summed E-state index contributed by atoms with van der Waals surface area (Å²) in [4.78, 5) is 11.1. The van der Waals surface area contributed by atoms with Gasteiger partial charge >= 0.3 is 5.97 Å². The molecule has 1 aromatic rings. The quantitative estimate of drug-likeness (QED) is 0.824. The van der Waals surface area contributed by atoms with E-state index in [4.69, 9.17) is 5.11 Å². The highest BCUT2D eigenvalue weighted by molar-refractivity contribution is 5.71. The van der Waals surface area contributed by atoms with Crippen LogP contribution in [0.25, 0.3) is 0 Å². The van der Waals surface area contributed by atoms with Crippen molar-refractivity contribution in [3.05, 3.63) is 29.3 Å². The van der Waals surface area contributed by atoms with Crippen molar-refractivity contribution >= 4 is 11.7 Å². The smallest absolute Gasteiger partial charge is 0.308 e. The second kappa shape index (κ2) is 5.71. The number of rotatable bonds is 5. The van der Waals surface area contributed by atoms with Crippen molar-refractivity contribution in [1.82, 2.24) is 0 Å². The van der Waals surface area contributed by atoms with Gasteiger partial charge in [0.25, 0.3) is 0 Å². The Labute approximate surface area is 103 Å². The zero-order chi connectivity index (χ0) is 13.0. The van der Waals surface area contributed by atoms with Gasteiger partial charge in [-0.3, -0.25) is 4.79 Å². The van der Waals surface area contributed by atoms with E-state index in [-0.39, 0.29) is 11.8 Å². The normalized spacial score (nSPS) is 12.5. The Kier molecular flexibility index (Phi) is 4.55. The first-order valence-electron chi connectivity index (χ1n) is 5.96. The molecule has 3 heteroatoms. The highest BCUT2D eigenvalue weighted by Gasteiger charge is 2.21. The summed E-state index contributed by atoms with van der Waals surface area (Å²) in [5.41, 5.74) is 3.36. The van der Waals surface area contributed by atoms with Gasteiger partial charge in [0.1, 0.15) is 0 Å². The van der Waals surface area contributed by atoms with Gasteiger partial charge in [-0.15, -0.1) is 0 Å². The zero-order valence-electron chi connectivity index (χ0n) is 10.9.